The van der Waals surface area contributed by atoms with Crippen LogP contribution < -0.4 is 5.46 Å². The second-order valence-corrected chi connectivity index (χ2v) is 28.2. The van der Waals surface area contributed by atoms with Gasteiger partial charge in [-0.3, -0.25) is 9.97 Å². The second kappa shape index (κ2) is 28.6. The van der Waals surface area contributed by atoms with E-state index in [0.29, 0.717) is 5.82 Å². The molecule has 7 heterocycles. The molecule has 1 aliphatic rings. The molecule has 106 heavy (non-hydrogen) atoms. The molecule has 0 radical (unpaired) electrons. The highest BCUT2D eigenvalue weighted by Gasteiger charge is 2.52. The molecule has 12 heteroatoms. The molecule has 0 N–H and O–H groups in total. The van der Waals surface area contributed by atoms with Gasteiger partial charge in [0.05, 0.1) is 67.4 Å². The van der Waals surface area contributed by atoms with Gasteiger partial charge in [-0.1, -0.05) is 295 Å². The third-order valence-electron chi connectivity index (χ3n) is 20.1. The van der Waals surface area contributed by atoms with E-state index in [0.717, 1.165) is 160 Å². The predicted octanol–water partition coefficient (Wildman–Crippen LogP) is 23.2. The van der Waals surface area contributed by atoms with Crippen LogP contribution in [0.1, 0.15) is 27.7 Å². The molecule has 12 aromatic carbocycles. The van der Waals surface area contributed by atoms with Gasteiger partial charge in [-0.15, -0.1) is 0 Å². The van der Waals surface area contributed by atoms with Crippen LogP contribution in [0.3, 0.4) is 0 Å². The first-order valence-electron chi connectivity index (χ1n) is 35.5. The van der Waals surface area contributed by atoms with Crippen LogP contribution in [0, 0.1) is 0 Å². The van der Waals surface area contributed by atoms with Crippen molar-refractivity contribution in [2.75, 3.05) is 0 Å². The maximum absolute atomic E-state index is 6.36. The molecular weight excluding hydrogens is 1360 g/mol. The fourth-order valence-electron chi connectivity index (χ4n) is 13.8. The average Bonchev–Trinajstić information content (AvgIpc) is 1.71. The van der Waals surface area contributed by atoms with Crippen molar-refractivity contribution in [3.05, 3.63) is 344 Å². The summed E-state index contributed by atoms with van der Waals surface area (Å²) in [5, 5.41) is 8.94. The lowest BCUT2D eigenvalue weighted by Crippen LogP contribution is -2.41. The van der Waals surface area contributed by atoms with E-state index in [1.54, 1.807) is 0 Å². The molecule has 19 rings (SSSR count). The first kappa shape index (κ1) is 66.7. The molecule has 18 aromatic rings. The normalized spacial score (nSPS) is 13.0. The molecule has 0 amide bonds. The summed E-state index contributed by atoms with van der Waals surface area (Å²) in [4.78, 5) is 39.0. The van der Waals surface area contributed by atoms with Gasteiger partial charge in [0.25, 0.3) is 0 Å². The quantitative estimate of drug-likeness (QED) is 0.0966. The van der Waals surface area contributed by atoms with Crippen molar-refractivity contribution in [2.24, 2.45) is 0 Å². The average molecular weight is 1430 g/mol. The molecule has 6 aromatic heterocycles. The highest BCUT2D eigenvalue weighted by molar-refractivity contribution is 9.10. The topological polar surface area (TPSA) is 122 Å². The molecule has 0 atom stereocenters. The first-order chi connectivity index (χ1) is 51.9. The molecule has 10 nitrogen and oxygen atoms in total. The Labute approximate surface area is 623 Å². The van der Waals surface area contributed by atoms with Gasteiger partial charge in [0.1, 0.15) is 0 Å². The lowest BCUT2D eigenvalue weighted by molar-refractivity contribution is 0.00578. The van der Waals surface area contributed by atoms with Crippen molar-refractivity contribution in [3.63, 3.8) is 0 Å². The number of benzene rings is 12. The summed E-state index contributed by atoms with van der Waals surface area (Å²) in [5.74, 6) is 1.45. The lowest BCUT2D eigenvalue weighted by atomic mass is 9.75. The Bertz CT molecular complexity index is 6160. The number of aromatic nitrogens is 8. The van der Waals surface area contributed by atoms with Crippen LogP contribution in [0.2, 0.25) is 0 Å². The van der Waals surface area contributed by atoms with E-state index >= 15 is 0 Å². The number of nitrogens with zero attached hydrogens (tertiary/aromatic N) is 8. The molecule has 0 aliphatic carbocycles. The molecule has 506 valence electrons. The van der Waals surface area contributed by atoms with Gasteiger partial charge in [0.15, 0.2) is 11.6 Å². The van der Waals surface area contributed by atoms with Gasteiger partial charge in [-0.05, 0) is 114 Å². The minimum absolute atomic E-state index is 0.384. The molecule has 1 aliphatic heterocycles. The number of fused-ring (bicyclic) bond motifs is 8. The van der Waals surface area contributed by atoms with E-state index in [1.807, 2.05) is 128 Å². The van der Waals surface area contributed by atoms with E-state index in [-0.39, 0.29) is 11.2 Å². The van der Waals surface area contributed by atoms with Crippen molar-refractivity contribution in [2.45, 2.75) is 38.9 Å². The molecule has 0 unspecified atom stereocenters. The van der Waals surface area contributed by atoms with Crippen LogP contribution in [-0.2, 0) is 9.31 Å². The van der Waals surface area contributed by atoms with Crippen LogP contribution in [0.15, 0.2) is 344 Å². The Hall–Kier alpha value is -12.6. The summed E-state index contributed by atoms with van der Waals surface area (Å²) in [5.41, 5.74) is 20.2. The fraction of sp³-hybridized carbons (Fsp3) is 0.0638. The smallest absolute Gasteiger partial charge is 0.399 e. The molecule has 1 fully saturated rings. The Morgan fingerprint density at radius 2 is 0.594 bits per heavy atom. The fourth-order valence-corrected chi connectivity index (χ4v) is 14.1. The number of hydrogen-bond donors (Lipinski definition) is 0. The van der Waals surface area contributed by atoms with Crippen LogP contribution in [0.5, 0.6) is 0 Å². The van der Waals surface area contributed by atoms with Crippen molar-refractivity contribution < 1.29 is 9.31 Å². The van der Waals surface area contributed by atoms with Crippen LogP contribution in [-0.4, -0.2) is 58.2 Å². The molecular formula is C94H68BBrN8O2. The van der Waals surface area contributed by atoms with Crippen LogP contribution in [0.4, 0.5) is 0 Å². The summed E-state index contributed by atoms with van der Waals surface area (Å²) in [6.45, 7) is 8.34. The second-order valence-electron chi connectivity index (χ2n) is 27.3. The van der Waals surface area contributed by atoms with E-state index < -0.39 is 7.12 Å². The minimum atomic E-state index is -0.411. The van der Waals surface area contributed by atoms with Crippen molar-refractivity contribution >= 4 is 93.7 Å². The van der Waals surface area contributed by atoms with Gasteiger partial charge in [-0.25, -0.2) is 29.9 Å². The molecule has 0 bridgehead atoms. The number of rotatable bonds is 10. The molecule has 0 spiro atoms. The SMILES string of the molecule is Brc1ccc(-c2cc(-c3ccccc3)nc(-c3ccccc3)n2)cc1.CC1(C)OB(c2ccc(-c3ccc4ccc5cccnc5c4n3)c3ccccc23)OC1(C)C.c1ccc(-c2cc(-c3ccc(-c4ccc(-c5ccc6ccc7cccnc7c6n5)c5ccccc45)cc3)nc(-c3ccccc3)n2)cc1. The number of pyridine rings is 4. The number of halogens is 1. The van der Waals surface area contributed by atoms with Gasteiger partial charge >= 0.3 is 7.12 Å². The third-order valence-corrected chi connectivity index (χ3v) is 20.6. The highest BCUT2D eigenvalue weighted by atomic mass is 79.9. The lowest BCUT2D eigenvalue weighted by Gasteiger charge is -2.32. The van der Waals surface area contributed by atoms with Crippen LogP contribution in [0.25, 0.3) is 167 Å². The van der Waals surface area contributed by atoms with E-state index in [4.69, 9.17) is 39.2 Å². The zero-order chi connectivity index (χ0) is 71.7. The van der Waals surface area contributed by atoms with Gasteiger partial charge < -0.3 is 9.31 Å². The zero-order valence-corrected chi connectivity index (χ0v) is 60.3. The predicted molar refractivity (Wildman–Crippen MR) is 439 cm³/mol. The van der Waals surface area contributed by atoms with E-state index in [2.05, 4.69) is 266 Å². The summed E-state index contributed by atoms with van der Waals surface area (Å²) >= 11 is 3.49. The standard InChI is InChI=1S/C44H28N4.C28H25BN2O2.C22H15BrN2/c1-3-10-30(11-4-1)40-28-41(48-44(47-40)34-12-5-2-6-13-34)31-19-17-29(18-20-31)35-24-25-38(37-16-8-7-15-36(35)37)39-26-23-33-22-21-32-14-9-27-45-42(32)43(33)46-39;1-27(2)28(3,4)33-29(32-27)23-15-14-22(20-9-5-6-10-21(20)23)24-16-13-19-12-11-18-8-7-17-30-25(18)26(19)31-24;23-19-13-11-17(12-14-19)21-15-20(16-7-3-1-4-8-16)24-22(25-21)18-9-5-2-6-10-18/h1-28H;5-17H,1-4H3;1-15H. The van der Waals surface area contributed by atoms with Crippen LogP contribution >= 0.6 is 15.9 Å². The summed E-state index contributed by atoms with van der Waals surface area (Å²) < 4.78 is 13.8. The monoisotopic (exact) mass is 1430 g/mol. The van der Waals surface area contributed by atoms with Crippen molar-refractivity contribution in [1.29, 1.82) is 0 Å². The summed E-state index contributed by atoms with van der Waals surface area (Å²) in [7, 11) is -0.411. The maximum atomic E-state index is 6.36. The highest BCUT2D eigenvalue weighted by Crippen LogP contribution is 2.41. The summed E-state index contributed by atoms with van der Waals surface area (Å²) in [6.07, 6.45) is 3.66. The maximum Gasteiger partial charge on any atom is 0.495 e. The minimum Gasteiger partial charge on any atom is -0.399 e. The Kier molecular flexibility index (Phi) is 18.0. The van der Waals surface area contributed by atoms with Gasteiger partial charge in [-0.2, -0.15) is 0 Å². The Morgan fingerprint density at radius 3 is 1.04 bits per heavy atom. The Balaban J connectivity index is 0.000000124. The molecule has 1 saturated heterocycles. The van der Waals surface area contributed by atoms with Crippen molar-refractivity contribution in [3.8, 4) is 101 Å². The van der Waals surface area contributed by atoms with Gasteiger partial charge in [0, 0.05) is 82.9 Å². The van der Waals surface area contributed by atoms with Crippen molar-refractivity contribution in [1.82, 2.24) is 39.9 Å². The molecule has 0 saturated carbocycles. The zero-order valence-electron chi connectivity index (χ0n) is 58.7. The number of hydrogen-bond acceptors (Lipinski definition) is 10. The summed E-state index contributed by atoms with van der Waals surface area (Å²) in [6, 6.07) is 112. The van der Waals surface area contributed by atoms with Gasteiger partial charge in [0.2, 0.25) is 0 Å². The van der Waals surface area contributed by atoms with E-state index in [9.17, 15) is 0 Å². The largest absolute Gasteiger partial charge is 0.495 e. The van der Waals surface area contributed by atoms with E-state index in [1.165, 1.54) is 10.9 Å². The Morgan fingerprint density at radius 1 is 0.264 bits per heavy atom. The first-order valence-corrected chi connectivity index (χ1v) is 36.3. The third kappa shape index (κ3) is 13.4.